The minimum absolute atomic E-state index is 0.252. The molecule has 0 bridgehead atoms. The van der Waals surface area contributed by atoms with Crippen molar-refractivity contribution in [3.05, 3.63) is 72.3 Å². The van der Waals surface area contributed by atoms with E-state index in [0.717, 1.165) is 25.8 Å². The van der Waals surface area contributed by atoms with E-state index in [4.69, 9.17) is 0 Å². The lowest BCUT2D eigenvalue weighted by molar-refractivity contribution is -0.111. The predicted octanol–water partition coefficient (Wildman–Crippen LogP) is 3.44. The molecule has 1 N–H and O–H groups in total. The first-order chi connectivity index (χ1) is 14.9. The van der Waals surface area contributed by atoms with Gasteiger partial charge in [-0.05, 0) is 73.7 Å². The lowest BCUT2D eigenvalue weighted by Crippen LogP contribution is -2.44. The summed E-state index contributed by atoms with van der Waals surface area (Å²) in [5.74, 6) is 0.112. The van der Waals surface area contributed by atoms with Crippen LogP contribution in [0.4, 0.5) is 5.69 Å². The summed E-state index contributed by atoms with van der Waals surface area (Å²) in [7, 11) is -1.38. The standard InChI is InChI=1S/C24H29N3O3S/c1-3-23(28)25-20-8-10-21(11-9-20)31(29,30)27-16-13-19(14-17-27)24-22-7-5-4-6-18(22)12-15-26(24)2/h3-11,19,24H,1,12-17H2,2H3,(H,25,28). The second kappa shape index (κ2) is 8.94. The van der Waals surface area contributed by atoms with Crippen LogP contribution in [0.1, 0.15) is 30.0 Å². The molecule has 2 aromatic carbocycles. The van der Waals surface area contributed by atoms with Gasteiger partial charge in [0.1, 0.15) is 0 Å². The summed E-state index contributed by atoms with van der Waals surface area (Å²) >= 11 is 0. The van der Waals surface area contributed by atoms with Gasteiger partial charge in [-0.25, -0.2) is 8.42 Å². The number of carbonyl (C=O) groups excluding carboxylic acids is 1. The molecule has 2 aliphatic rings. The number of piperidine rings is 1. The number of likely N-dealkylation sites (N-methyl/N-ethyl adjacent to an activating group) is 1. The highest BCUT2D eigenvalue weighted by molar-refractivity contribution is 7.89. The Bertz CT molecular complexity index is 1060. The van der Waals surface area contributed by atoms with Gasteiger partial charge in [0.25, 0.3) is 0 Å². The van der Waals surface area contributed by atoms with Gasteiger partial charge in [0.05, 0.1) is 4.90 Å². The van der Waals surface area contributed by atoms with E-state index < -0.39 is 10.0 Å². The first-order valence-electron chi connectivity index (χ1n) is 10.7. The number of anilines is 1. The number of benzene rings is 2. The number of carbonyl (C=O) groups is 1. The Morgan fingerprint density at radius 2 is 1.74 bits per heavy atom. The molecule has 1 unspecified atom stereocenters. The number of hydrogen-bond donors (Lipinski definition) is 1. The van der Waals surface area contributed by atoms with Gasteiger partial charge in [-0.1, -0.05) is 30.8 Å². The summed E-state index contributed by atoms with van der Waals surface area (Å²) in [6.07, 6.45) is 3.93. The predicted molar refractivity (Wildman–Crippen MR) is 122 cm³/mol. The fourth-order valence-corrected chi connectivity index (χ4v) is 6.29. The van der Waals surface area contributed by atoms with E-state index in [1.54, 1.807) is 28.6 Å². The van der Waals surface area contributed by atoms with Crippen LogP contribution in [0.15, 0.2) is 66.1 Å². The molecule has 0 saturated carbocycles. The van der Waals surface area contributed by atoms with Crippen LogP contribution in [0.5, 0.6) is 0 Å². The maximum absolute atomic E-state index is 13.1. The van der Waals surface area contributed by atoms with E-state index in [9.17, 15) is 13.2 Å². The third kappa shape index (κ3) is 4.44. The van der Waals surface area contributed by atoms with Crippen LogP contribution < -0.4 is 5.32 Å². The maximum Gasteiger partial charge on any atom is 0.247 e. The molecule has 0 aromatic heterocycles. The van der Waals surface area contributed by atoms with E-state index in [0.29, 0.717) is 30.7 Å². The quantitative estimate of drug-likeness (QED) is 0.725. The topological polar surface area (TPSA) is 69.7 Å². The van der Waals surface area contributed by atoms with Crippen LogP contribution >= 0.6 is 0 Å². The normalized spacial score (nSPS) is 20.7. The van der Waals surface area contributed by atoms with Gasteiger partial charge in [-0.3, -0.25) is 9.69 Å². The maximum atomic E-state index is 13.1. The minimum atomic E-state index is -3.55. The highest BCUT2D eigenvalue weighted by Gasteiger charge is 2.36. The van der Waals surface area contributed by atoms with Crippen molar-refractivity contribution in [1.82, 2.24) is 9.21 Å². The van der Waals surface area contributed by atoms with E-state index in [-0.39, 0.29) is 10.8 Å². The highest BCUT2D eigenvalue weighted by atomic mass is 32.2. The monoisotopic (exact) mass is 439 g/mol. The molecule has 6 nitrogen and oxygen atoms in total. The zero-order valence-electron chi connectivity index (χ0n) is 17.8. The molecule has 164 valence electrons. The molecular formula is C24H29N3O3S. The van der Waals surface area contributed by atoms with Gasteiger partial charge >= 0.3 is 0 Å². The zero-order chi connectivity index (χ0) is 22.0. The second-order valence-electron chi connectivity index (χ2n) is 8.33. The number of rotatable bonds is 5. The van der Waals surface area contributed by atoms with E-state index >= 15 is 0 Å². The first-order valence-corrected chi connectivity index (χ1v) is 12.2. The van der Waals surface area contributed by atoms with Gasteiger partial charge < -0.3 is 5.32 Å². The van der Waals surface area contributed by atoms with Gasteiger partial charge in [-0.15, -0.1) is 0 Å². The third-order valence-electron chi connectivity index (χ3n) is 6.47. The summed E-state index contributed by atoms with van der Waals surface area (Å²) in [5, 5.41) is 2.63. The first kappa shape index (κ1) is 21.7. The average molecular weight is 440 g/mol. The van der Waals surface area contributed by atoms with Crippen molar-refractivity contribution in [3.8, 4) is 0 Å². The Kier molecular flexibility index (Phi) is 6.27. The van der Waals surface area contributed by atoms with Crippen molar-refractivity contribution >= 4 is 21.6 Å². The molecule has 0 aliphatic carbocycles. The minimum Gasteiger partial charge on any atom is -0.323 e. The fourth-order valence-electron chi connectivity index (χ4n) is 4.82. The van der Waals surface area contributed by atoms with Crippen LogP contribution in [0.2, 0.25) is 0 Å². The summed E-state index contributed by atoms with van der Waals surface area (Å²) in [4.78, 5) is 14.1. The number of nitrogens with one attached hydrogen (secondary N) is 1. The Balaban J connectivity index is 1.45. The zero-order valence-corrected chi connectivity index (χ0v) is 18.6. The molecule has 2 aliphatic heterocycles. The molecule has 31 heavy (non-hydrogen) atoms. The van der Waals surface area contributed by atoms with Crippen molar-refractivity contribution in [3.63, 3.8) is 0 Å². The van der Waals surface area contributed by atoms with Crippen LogP contribution in [0, 0.1) is 5.92 Å². The van der Waals surface area contributed by atoms with Crippen molar-refractivity contribution in [2.75, 3.05) is 32.0 Å². The van der Waals surface area contributed by atoms with Crippen molar-refractivity contribution < 1.29 is 13.2 Å². The molecule has 2 heterocycles. The Labute approximate surface area is 184 Å². The largest absolute Gasteiger partial charge is 0.323 e. The van der Waals surface area contributed by atoms with Crippen molar-refractivity contribution in [2.45, 2.75) is 30.2 Å². The molecule has 4 rings (SSSR count). The molecule has 1 saturated heterocycles. The Morgan fingerprint density at radius 3 is 2.42 bits per heavy atom. The van der Waals surface area contributed by atoms with Gasteiger partial charge in [-0.2, -0.15) is 4.31 Å². The summed E-state index contributed by atoms with van der Waals surface area (Å²) in [6.45, 7) is 5.50. The fraction of sp³-hybridized carbons (Fsp3) is 0.375. The number of sulfonamides is 1. The summed E-state index contributed by atoms with van der Waals surface area (Å²) in [5.41, 5.74) is 3.36. The van der Waals surface area contributed by atoms with Crippen LogP contribution in [0.3, 0.4) is 0 Å². The van der Waals surface area contributed by atoms with E-state index in [1.807, 2.05) is 0 Å². The van der Waals surface area contributed by atoms with Crippen LogP contribution in [0.25, 0.3) is 0 Å². The Hall–Kier alpha value is -2.48. The molecule has 0 radical (unpaired) electrons. The lowest BCUT2D eigenvalue weighted by atomic mass is 9.80. The molecule has 1 atom stereocenters. The SMILES string of the molecule is C=CC(=O)Nc1ccc(S(=O)(=O)N2CCC(C3c4ccccc4CCN3C)CC2)cc1. The van der Waals surface area contributed by atoms with Gasteiger partial charge in [0, 0.05) is 31.4 Å². The number of hydrogen-bond acceptors (Lipinski definition) is 4. The highest BCUT2D eigenvalue weighted by Crippen LogP contribution is 2.39. The lowest BCUT2D eigenvalue weighted by Gasteiger charge is -2.42. The van der Waals surface area contributed by atoms with E-state index in [2.05, 4.69) is 48.1 Å². The molecule has 1 amide bonds. The van der Waals surface area contributed by atoms with Crippen LogP contribution in [-0.2, 0) is 21.2 Å². The number of nitrogens with zero attached hydrogens (tertiary/aromatic N) is 2. The average Bonchev–Trinajstić information content (AvgIpc) is 2.79. The summed E-state index contributed by atoms with van der Waals surface area (Å²) < 4.78 is 27.9. The van der Waals surface area contributed by atoms with E-state index in [1.165, 1.54) is 17.2 Å². The molecule has 2 aromatic rings. The second-order valence-corrected chi connectivity index (χ2v) is 10.3. The van der Waals surface area contributed by atoms with Gasteiger partial charge in [0.15, 0.2) is 0 Å². The van der Waals surface area contributed by atoms with Crippen molar-refractivity contribution in [2.24, 2.45) is 5.92 Å². The number of fused-ring (bicyclic) bond motifs is 1. The molecular weight excluding hydrogens is 410 g/mol. The van der Waals surface area contributed by atoms with Gasteiger partial charge in [0.2, 0.25) is 15.9 Å². The summed E-state index contributed by atoms with van der Waals surface area (Å²) in [6, 6.07) is 15.3. The number of amides is 1. The molecule has 1 fully saturated rings. The Morgan fingerprint density at radius 1 is 1.06 bits per heavy atom. The third-order valence-corrected chi connectivity index (χ3v) is 8.39. The molecule has 0 spiro atoms. The smallest absolute Gasteiger partial charge is 0.247 e. The molecule has 7 heteroatoms. The van der Waals surface area contributed by atoms with Crippen molar-refractivity contribution in [1.29, 1.82) is 0 Å². The van der Waals surface area contributed by atoms with Crippen LogP contribution in [-0.4, -0.2) is 50.2 Å².